The van der Waals surface area contributed by atoms with E-state index < -0.39 is 0 Å². The minimum atomic E-state index is -0.0175. The molecule has 0 saturated carbocycles. The van der Waals surface area contributed by atoms with Crippen LogP contribution in [0.3, 0.4) is 0 Å². The summed E-state index contributed by atoms with van der Waals surface area (Å²) >= 11 is 1.70. The highest BCUT2D eigenvalue weighted by Gasteiger charge is 2.33. The fourth-order valence-corrected chi connectivity index (χ4v) is 6.32. The number of hydrogen-bond acceptors (Lipinski definition) is 5. The van der Waals surface area contributed by atoms with Gasteiger partial charge in [0.05, 0.1) is 16.1 Å². The lowest BCUT2D eigenvalue weighted by Gasteiger charge is -2.39. The average Bonchev–Trinajstić information content (AvgIpc) is 3.37. The van der Waals surface area contributed by atoms with Crippen molar-refractivity contribution in [1.29, 1.82) is 0 Å². The van der Waals surface area contributed by atoms with E-state index in [0.29, 0.717) is 32.7 Å². The summed E-state index contributed by atoms with van der Waals surface area (Å²) in [6.45, 7) is 3.98. The van der Waals surface area contributed by atoms with Crippen molar-refractivity contribution in [1.82, 2.24) is 14.8 Å². The van der Waals surface area contributed by atoms with Gasteiger partial charge in [0.2, 0.25) is 5.91 Å². The van der Waals surface area contributed by atoms with Crippen molar-refractivity contribution >= 4 is 49.3 Å². The van der Waals surface area contributed by atoms with Gasteiger partial charge in [0, 0.05) is 44.8 Å². The van der Waals surface area contributed by atoms with Crippen molar-refractivity contribution in [3.8, 4) is 0 Å². The van der Waals surface area contributed by atoms with Crippen LogP contribution in [0, 0.1) is 5.92 Å². The van der Waals surface area contributed by atoms with Crippen LogP contribution in [0.5, 0.6) is 0 Å². The topological polar surface area (TPSA) is 56.8 Å². The number of fused-ring (bicyclic) bond motifs is 2. The Morgan fingerprint density at radius 1 is 0.829 bits per heavy atom. The SMILES string of the molecule is O=C(c1cccc2ccccc12)N1CCN(C(=O)C2CCCN(c3nc4ccccc4s3)C2)CC1. The van der Waals surface area contributed by atoms with Gasteiger partial charge in [-0.3, -0.25) is 9.59 Å². The molecule has 2 saturated heterocycles. The van der Waals surface area contributed by atoms with E-state index in [1.54, 1.807) is 11.3 Å². The molecule has 3 heterocycles. The Morgan fingerprint density at radius 3 is 2.43 bits per heavy atom. The third-order valence-corrected chi connectivity index (χ3v) is 8.32. The molecule has 4 aromatic rings. The molecule has 0 radical (unpaired) electrons. The molecule has 3 aromatic carbocycles. The minimum Gasteiger partial charge on any atom is -0.347 e. The minimum absolute atomic E-state index is 0.0175. The molecule has 2 fully saturated rings. The van der Waals surface area contributed by atoms with Crippen LogP contribution in [0.1, 0.15) is 23.2 Å². The largest absolute Gasteiger partial charge is 0.347 e. The van der Waals surface area contributed by atoms with Crippen molar-refractivity contribution in [3.63, 3.8) is 0 Å². The lowest BCUT2D eigenvalue weighted by molar-refractivity contribution is -0.137. The number of rotatable bonds is 3. The molecule has 2 aliphatic rings. The molecule has 1 unspecified atom stereocenters. The molecular weight excluding hydrogens is 456 g/mol. The fourth-order valence-electron chi connectivity index (χ4n) is 5.32. The Morgan fingerprint density at radius 2 is 1.57 bits per heavy atom. The second kappa shape index (κ2) is 9.30. The van der Waals surface area contributed by atoms with E-state index in [2.05, 4.69) is 11.0 Å². The average molecular weight is 485 g/mol. The summed E-state index contributed by atoms with van der Waals surface area (Å²) in [7, 11) is 0. The Bertz CT molecular complexity index is 1350. The number of nitrogens with zero attached hydrogens (tertiary/aromatic N) is 4. The van der Waals surface area contributed by atoms with Gasteiger partial charge in [0.15, 0.2) is 5.13 Å². The van der Waals surface area contributed by atoms with Crippen molar-refractivity contribution in [2.24, 2.45) is 5.92 Å². The maximum atomic E-state index is 13.4. The summed E-state index contributed by atoms with van der Waals surface area (Å²) < 4.78 is 1.18. The summed E-state index contributed by atoms with van der Waals surface area (Å²) in [5.41, 5.74) is 1.76. The summed E-state index contributed by atoms with van der Waals surface area (Å²) in [4.78, 5) is 37.6. The quantitative estimate of drug-likeness (QED) is 0.425. The van der Waals surface area contributed by atoms with Crippen LogP contribution in [0.15, 0.2) is 66.7 Å². The zero-order valence-corrected chi connectivity index (χ0v) is 20.4. The van der Waals surface area contributed by atoms with E-state index in [4.69, 9.17) is 4.98 Å². The van der Waals surface area contributed by atoms with Crippen LogP contribution in [0.25, 0.3) is 21.0 Å². The molecule has 1 aromatic heterocycles. The highest BCUT2D eigenvalue weighted by molar-refractivity contribution is 7.22. The van der Waals surface area contributed by atoms with Crippen molar-refractivity contribution in [3.05, 3.63) is 72.3 Å². The maximum absolute atomic E-state index is 13.4. The lowest BCUT2D eigenvalue weighted by Crippen LogP contribution is -2.53. The normalized spacial score (nSPS) is 18.9. The van der Waals surface area contributed by atoms with Gasteiger partial charge in [-0.15, -0.1) is 0 Å². The monoisotopic (exact) mass is 484 g/mol. The van der Waals surface area contributed by atoms with Crippen LogP contribution < -0.4 is 4.90 Å². The smallest absolute Gasteiger partial charge is 0.254 e. The first-order valence-corrected chi connectivity index (χ1v) is 13.2. The molecule has 0 N–H and O–H groups in total. The molecule has 2 amide bonds. The Hall–Kier alpha value is -3.45. The van der Waals surface area contributed by atoms with Crippen LogP contribution in [-0.2, 0) is 4.79 Å². The number of para-hydroxylation sites is 1. The number of hydrogen-bond donors (Lipinski definition) is 0. The Kier molecular flexibility index (Phi) is 5.86. The number of amides is 2. The van der Waals surface area contributed by atoms with Gasteiger partial charge in [0.1, 0.15) is 0 Å². The van der Waals surface area contributed by atoms with E-state index in [1.165, 1.54) is 4.70 Å². The molecule has 6 rings (SSSR count). The maximum Gasteiger partial charge on any atom is 0.254 e. The Balaban J connectivity index is 1.10. The first kappa shape index (κ1) is 22.0. The number of anilines is 1. The van der Waals surface area contributed by atoms with E-state index >= 15 is 0 Å². The molecule has 178 valence electrons. The number of carbonyl (C=O) groups excluding carboxylic acids is 2. The third-order valence-electron chi connectivity index (χ3n) is 7.22. The Labute approximate surface area is 208 Å². The highest BCUT2D eigenvalue weighted by Crippen LogP contribution is 2.32. The molecule has 35 heavy (non-hydrogen) atoms. The number of benzene rings is 3. The standard InChI is InChI=1S/C28H28N4O2S/c33-26(21-9-6-14-32(19-21)28-29-24-12-3-4-13-25(24)35-28)30-15-17-31(18-16-30)27(34)23-11-5-8-20-7-1-2-10-22(20)23/h1-5,7-8,10-13,21H,6,9,14-19H2. The van der Waals surface area contributed by atoms with Crippen LogP contribution >= 0.6 is 11.3 Å². The fraction of sp³-hybridized carbons (Fsp3) is 0.321. The van der Waals surface area contributed by atoms with Gasteiger partial charge in [-0.2, -0.15) is 0 Å². The molecule has 0 aliphatic carbocycles. The lowest BCUT2D eigenvalue weighted by atomic mass is 9.96. The first-order valence-electron chi connectivity index (χ1n) is 12.3. The third kappa shape index (κ3) is 4.25. The number of thiazole rings is 1. The summed E-state index contributed by atoms with van der Waals surface area (Å²) in [6, 6.07) is 22.1. The second-order valence-corrected chi connectivity index (χ2v) is 10.4. The van der Waals surface area contributed by atoms with Crippen molar-refractivity contribution in [2.75, 3.05) is 44.2 Å². The van der Waals surface area contributed by atoms with Gasteiger partial charge < -0.3 is 14.7 Å². The zero-order valence-electron chi connectivity index (χ0n) is 19.6. The van der Waals surface area contributed by atoms with Crippen molar-refractivity contribution < 1.29 is 9.59 Å². The molecule has 7 heteroatoms. The number of piperazine rings is 1. The van der Waals surface area contributed by atoms with E-state index in [9.17, 15) is 9.59 Å². The molecule has 6 nitrogen and oxygen atoms in total. The molecule has 1 atom stereocenters. The van der Waals surface area contributed by atoms with E-state index in [0.717, 1.165) is 46.4 Å². The summed E-state index contributed by atoms with van der Waals surface area (Å²) in [5.74, 6) is 0.248. The van der Waals surface area contributed by atoms with Crippen LogP contribution in [0.4, 0.5) is 5.13 Å². The van der Waals surface area contributed by atoms with Gasteiger partial charge in [0.25, 0.3) is 5.91 Å². The van der Waals surface area contributed by atoms with Gasteiger partial charge in [-0.05, 0) is 41.8 Å². The highest BCUT2D eigenvalue weighted by atomic mass is 32.1. The van der Waals surface area contributed by atoms with Crippen LogP contribution in [-0.4, -0.2) is 65.9 Å². The van der Waals surface area contributed by atoms with Gasteiger partial charge >= 0.3 is 0 Å². The number of aromatic nitrogens is 1. The van der Waals surface area contributed by atoms with Gasteiger partial charge in [-0.1, -0.05) is 59.9 Å². The zero-order chi connectivity index (χ0) is 23.8. The first-order chi connectivity index (χ1) is 17.2. The van der Waals surface area contributed by atoms with E-state index in [-0.39, 0.29) is 17.7 Å². The molecule has 0 bridgehead atoms. The van der Waals surface area contributed by atoms with E-state index in [1.807, 2.05) is 70.5 Å². The summed E-state index contributed by atoms with van der Waals surface area (Å²) in [5, 5.41) is 3.06. The number of piperidine rings is 1. The molecule has 0 spiro atoms. The number of carbonyl (C=O) groups is 2. The molecular formula is C28H28N4O2S. The predicted molar refractivity (Wildman–Crippen MR) is 141 cm³/mol. The predicted octanol–water partition coefficient (Wildman–Crippen LogP) is 4.65. The molecule has 2 aliphatic heterocycles. The second-order valence-electron chi connectivity index (χ2n) is 9.39. The van der Waals surface area contributed by atoms with Crippen molar-refractivity contribution in [2.45, 2.75) is 12.8 Å². The van der Waals surface area contributed by atoms with Gasteiger partial charge in [-0.25, -0.2) is 4.98 Å². The summed E-state index contributed by atoms with van der Waals surface area (Å²) in [6.07, 6.45) is 1.90. The van der Waals surface area contributed by atoms with Crippen LogP contribution in [0.2, 0.25) is 0 Å².